The molecule has 160 valence electrons. The third kappa shape index (κ3) is 3.82. The van der Waals surface area contributed by atoms with E-state index >= 15 is 0 Å². The summed E-state index contributed by atoms with van der Waals surface area (Å²) >= 11 is 0. The van der Waals surface area contributed by atoms with Crippen molar-refractivity contribution in [2.45, 2.75) is 63.8 Å². The highest BCUT2D eigenvalue weighted by atomic mass is 19.2. The van der Waals surface area contributed by atoms with E-state index in [2.05, 4.69) is 22.8 Å². The van der Waals surface area contributed by atoms with Crippen LogP contribution in [-0.2, 0) is 19.4 Å². The van der Waals surface area contributed by atoms with Gasteiger partial charge in [-0.15, -0.1) is 0 Å². The van der Waals surface area contributed by atoms with E-state index in [9.17, 15) is 13.6 Å². The molecule has 0 spiro atoms. The summed E-state index contributed by atoms with van der Waals surface area (Å²) in [4.78, 5) is 18.2. The fraction of sp³-hybridized carbons (Fsp3) is 0.385. The van der Waals surface area contributed by atoms with Crippen LogP contribution < -0.4 is 0 Å². The Morgan fingerprint density at radius 1 is 1.00 bits per heavy atom. The number of hydrogen-bond donors (Lipinski definition) is 0. The summed E-state index contributed by atoms with van der Waals surface area (Å²) in [6.07, 6.45) is 7.49. The van der Waals surface area contributed by atoms with Gasteiger partial charge in [-0.1, -0.05) is 30.7 Å². The van der Waals surface area contributed by atoms with Crippen molar-refractivity contribution in [3.63, 3.8) is 0 Å². The first-order chi connectivity index (χ1) is 15.1. The molecule has 31 heavy (non-hydrogen) atoms. The lowest BCUT2D eigenvalue weighted by atomic mass is 9.80. The van der Waals surface area contributed by atoms with Crippen molar-refractivity contribution in [2.24, 2.45) is 0 Å². The Balaban J connectivity index is 1.51. The molecule has 0 fully saturated rings. The average Bonchev–Trinajstić information content (AvgIpc) is 2.97. The molecule has 0 amide bonds. The van der Waals surface area contributed by atoms with Gasteiger partial charge in [-0.25, -0.2) is 13.8 Å². The summed E-state index contributed by atoms with van der Waals surface area (Å²) in [5, 5.41) is 0. The van der Waals surface area contributed by atoms with Crippen LogP contribution in [0.4, 0.5) is 8.78 Å². The smallest absolute Gasteiger partial charge is 0.183 e. The first-order valence-corrected chi connectivity index (χ1v) is 11.3. The van der Waals surface area contributed by atoms with Gasteiger partial charge in [0, 0.05) is 24.2 Å². The lowest BCUT2D eigenvalue weighted by molar-refractivity contribution is 0.0965. The van der Waals surface area contributed by atoms with Crippen molar-refractivity contribution < 1.29 is 13.6 Å². The predicted octanol–water partition coefficient (Wildman–Crippen LogP) is 6.25. The summed E-state index contributed by atoms with van der Waals surface area (Å²) in [6.45, 7) is 0.746. The van der Waals surface area contributed by atoms with Gasteiger partial charge in [-0.05, 0) is 73.8 Å². The topological polar surface area (TPSA) is 34.9 Å². The number of fused-ring (bicyclic) bond motifs is 2. The predicted molar refractivity (Wildman–Crippen MR) is 116 cm³/mol. The van der Waals surface area contributed by atoms with Crippen molar-refractivity contribution >= 4 is 5.78 Å². The molecule has 1 aliphatic heterocycles. The van der Waals surface area contributed by atoms with Gasteiger partial charge in [0.2, 0.25) is 0 Å². The van der Waals surface area contributed by atoms with Crippen molar-refractivity contribution in [3.05, 3.63) is 76.6 Å². The number of halogens is 2. The number of Topliss-reactive ketones (excluding diaryl/α,β-unsaturated/α-hetero) is 1. The summed E-state index contributed by atoms with van der Waals surface area (Å²) in [5.74, 6) is -0.925. The molecule has 2 aliphatic rings. The Labute approximate surface area is 181 Å². The van der Waals surface area contributed by atoms with Crippen LogP contribution in [-0.4, -0.2) is 15.3 Å². The van der Waals surface area contributed by atoms with Crippen LogP contribution >= 0.6 is 0 Å². The molecule has 0 saturated carbocycles. The van der Waals surface area contributed by atoms with E-state index in [0.29, 0.717) is 23.5 Å². The number of aromatic nitrogens is 2. The molecule has 1 aliphatic carbocycles. The second kappa shape index (κ2) is 8.37. The SMILES string of the molecule is O=C(C[C@H]1CCCc2ccccc21)c1nc(-c2ccc(F)c(F)c2)n2c1CCCCC2. The minimum Gasteiger partial charge on any atom is -0.327 e. The number of carbonyl (C=O) groups is 1. The van der Waals surface area contributed by atoms with Crippen molar-refractivity contribution in [2.75, 3.05) is 0 Å². The average molecular weight is 421 g/mol. The Kier molecular flexibility index (Phi) is 5.43. The Morgan fingerprint density at radius 3 is 2.74 bits per heavy atom. The van der Waals surface area contributed by atoms with Crippen molar-refractivity contribution in [1.29, 1.82) is 0 Å². The van der Waals surface area contributed by atoms with Gasteiger partial charge in [0.25, 0.3) is 0 Å². The maximum atomic E-state index is 13.9. The lowest BCUT2D eigenvalue weighted by Gasteiger charge is -2.24. The van der Waals surface area contributed by atoms with Crippen molar-refractivity contribution in [1.82, 2.24) is 9.55 Å². The zero-order chi connectivity index (χ0) is 21.4. The minimum atomic E-state index is -0.893. The lowest BCUT2D eigenvalue weighted by Crippen LogP contribution is -2.15. The van der Waals surface area contributed by atoms with Crippen LogP contribution in [0.15, 0.2) is 42.5 Å². The summed E-state index contributed by atoms with van der Waals surface area (Å²) in [7, 11) is 0. The molecule has 1 atom stereocenters. The highest BCUT2D eigenvalue weighted by molar-refractivity contribution is 5.96. The molecule has 3 nitrogen and oxygen atoms in total. The van der Waals surface area contributed by atoms with Crippen LogP contribution in [0.1, 0.15) is 71.8 Å². The van der Waals surface area contributed by atoms with Crippen LogP contribution in [0.3, 0.4) is 0 Å². The number of aryl methyl sites for hydroxylation is 1. The van der Waals surface area contributed by atoms with Gasteiger partial charge in [0.1, 0.15) is 11.5 Å². The monoisotopic (exact) mass is 420 g/mol. The first kappa shape index (κ1) is 20.1. The minimum absolute atomic E-state index is 0.0567. The number of carbonyl (C=O) groups excluding carboxylic acids is 1. The summed E-state index contributed by atoms with van der Waals surface area (Å²) in [6, 6.07) is 12.3. The first-order valence-electron chi connectivity index (χ1n) is 11.3. The zero-order valence-corrected chi connectivity index (χ0v) is 17.5. The number of nitrogens with zero attached hydrogens (tertiary/aromatic N) is 2. The van der Waals surface area contributed by atoms with E-state index in [1.54, 1.807) is 6.07 Å². The second-order valence-corrected chi connectivity index (χ2v) is 8.74. The number of ketones is 1. The molecule has 0 N–H and O–H groups in total. The molecule has 0 saturated heterocycles. The fourth-order valence-electron chi connectivity index (χ4n) is 5.19. The summed E-state index contributed by atoms with van der Waals surface area (Å²) < 4.78 is 29.4. The normalized spacial score (nSPS) is 18.2. The highest BCUT2D eigenvalue weighted by Gasteiger charge is 2.28. The Hall–Kier alpha value is -2.82. The van der Waals surface area contributed by atoms with Crippen LogP contribution in [0.2, 0.25) is 0 Å². The Morgan fingerprint density at radius 2 is 1.87 bits per heavy atom. The third-order valence-electron chi connectivity index (χ3n) is 6.74. The quantitative estimate of drug-likeness (QED) is 0.468. The van der Waals surface area contributed by atoms with Crippen molar-refractivity contribution in [3.8, 4) is 11.4 Å². The molecule has 1 aromatic heterocycles. The van der Waals surface area contributed by atoms with Gasteiger partial charge in [-0.3, -0.25) is 4.79 Å². The molecule has 2 aromatic carbocycles. The maximum absolute atomic E-state index is 13.9. The molecule has 5 rings (SSSR count). The van der Waals surface area contributed by atoms with E-state index in [1.165, 1.54) is 17.2 Å². The molecular formula is C26H26F2N2O. The maximum Gasteiger partial charge on any atom is 0.183 e. The fourth-order valence-corrected chi connectivity index (χ4v) is 5.19. The molecule has 0 radical (unpaired) electrons. The van der Waals surface area contributed by atoms with Gasteiger partial charge < -0.3 is 4.57 Å². The zero-order valence-electron chi connectivity index (χ0n) is 17.5. The molecule has 3 aromatic rings. The van der Waals surface area contributed by atoms with Gasteiger partial charge in [0.05, 0.1) is 0 Å². The second-order valence-electron chi connectivity index (χ2n) is 8.74. The Bertz CT molecular complexity index is 1130. The van der Waals surface area contributed by atoms with E-state index in [-0.39, 0.29) is 11.7 Å². The van der Waals surface area contributed by atoms with Crippen LogP contribution in [0.5, 0.6) is 0 Å². The number of imidazole rings is 1. The largest absolute Gasteiger partial charge is 0.327 e. The molecule has 2 heterocycles. The van der Waals surface area contributed by atoms with E-state index in [4.69, 9.17) is 4.98 Å². The molecular weight excluding hydrogens is 394 g/mol. The molecule has 5 heteroatoms. The number of rotatable bonds is 4. The van der Waals surface area contributed by atoms with Gasteiger partial charge in [-0.2, -0.15) is 0 Å². The highest BCUT2D eigenvalue weighted by Crippen LogP contribution is 2.36. The number of benzene rings is 2. The van der Waals surface area contributed by atoms with Gasteiger partial charge in [0.15, 0.2) is 17.4 Å². The van der Waals surface area contributed by atoms with E-state index < -0.39 is 11.6 Å². The van der Waals surface area contributed by atoms with Crippen LogP contribution in [0.25, 0.3) is 11.4 Å². The van der Waals surface area contributed by atoms with Gasteiger partial charge >= 0.3 is 0 Å². The molecule has 0 unspecified atom stereocenters. The standard InChI is InChI=1S/C26H26F2N2O/c27-21-13-12-19(15-22(21)28)26-29-25(23-11-2-1-5-14-30(23)26)24(31)16-18-9-6-8-17-7-3-4-10-20(17)18/h3-4,7,10,12-13,15,18H,1-2,5-6,8-9,11,14,16H2/t18-/m1/s1. The summed E-state index contributed by atoms with van der Waals surface area (Å²) in [5.41, 5.74) is 4.62. The van der Waals surface area contributed by atoms with E-state index in [1.807, 2.05) is 6.07 Å². The van der Waals surface area contributed by atoms with E-state index in [0.717, 1.165) is 63.3 Å². The number of hydrogen-bond acceptors (Lipinski definition) is 2. The third-order valence-corrected chi connectivity index (χ3v) is 6.74. The van der Waals surface area contributed by atoms with Crippen LogP contribution in [0, 0.1) is 11.6 Å². The molecule has 0 bridgehead atoms.